The third-order valence-corrected chi connectivity index (χ3v) is 11.6. The number of aliphatic hydroxyl groups is 2. The van der Waals surface area contributed by atoms with Crippen LogP contribution in [0.25, 0.3) is 11.1 Å². The molecule has 1 aliphatic rings. The van der Waals surface area contributed by atoms with Crippen molar-refractivity contribution >= 4 is 29.6 Å². The van der Waals surface area contributed by atoms with Gasteiger partial charge in [-0.1, -0.05) is 74.1 Å². The molecule has 6 rings (SSSR count). The summed E-state index contributed by atoms with van der Waals surface area (Å²) in [4.78, 5) is 55.9. The lowest BCUT2D eigenvalue weighted by atomic mass is 9.98. The summed E-state index contributed by atoms with van der Waals surface area (Å²) in [5.41, 5.74) is 2.21. The molecule has 0 saturated carbocycles. The van der Waals surface area contributed by atoms with Crippen LogP contribution >= 0.6 is 11.8 Å². The average molecular weight is 901 g/mol. The molecule has 5 N–H and O–H groups in total. The molecule has 3 atom stereocenters. The fourth-order valence-electron chi connectivity index (χ4n) is 6.82. The number of nitrogens with one attached hydrogen (secondary N) is 1. The number of aromatic nitrogens is 4. The van der Waals surface area contributed by atoms with Crippen LogP contribution in [-0.4, -0.2) is 106 Å². The number of aliphatic hydroxyl groups excluding tert-OH is 2. The Morgan fingerprint density at radius 2 is 1.54 bits per heavy atom. The van der Waals surface area contributed by atoms with Crippen LogP contribution in [0.15, 0.2) is 95.3 Å². The zero-order chi connectivity index (χ0) is 46.0. The van der Waals surface area contributed by atoms with E-state index in [-0.39, 0.29) is 41.5 Å². The lowest BCUT2D eigenvalue weighted by Crippen LogP contribution is -2.48. The molecule has 0 aliphatic carbocycles. The Morgan fingerprint density at radius 3 is 2.08 bits per heavy atom. The normalized spacial score (nSPS) is 14.9. The van der Waals surface area contributed by atoms with Gasteiger partial charge in [0.25, 0.3) is 5.56 Å². The molecule has 3 aromatic carbocycles. The zero-order valence-corrected chi connectivity index (χ0v) is 34.8. The highest BCUT2D eigenvalue weighted by molar-refractivity contribution is 7.98. The van der Waals surface area contributed by atoms with E-state index in [9.17, 15) is 41.1 Å². The van der Waals surface area contributed by atoms with Gasteiger partial charge in [0.1, 0.15) is 6.54 Å². The SMILES string of the molecule is CCN1CCC(N(Cc2ccc(-c3ccc(C(F)(F)F)cc3)cc2)C(=O)Cn2cc(C(C)c3cn[nH]c3)c(=O)nc2SCc2cccc(F)c2F)CC1.O=C(O)C(O)C(O)C(=O)O. The van der Waals surface area contributed by atoms with E-state index >= 15 is 0 Å². The third kappa shape index (κ3) is 12.6. The molecule has 14 nitrogen and oxygen atoms in total. The van der Waals surface area contributed by atoms with Gasteiger partial charge >= 0.3 is 18.1 Å². The molecular weight excluding hydrogens is 856 g/mol. The van der Waals surface area contributed by atoms with Crippen LogP contribution in [-0.2, 0) is 39.4 Å². The predicted molar refractivity (Wildman–Crippen MR) is 220 cm³/mol. The van der Waals surface area contributed by atoms with Crippen LogP contribution < -0.4 is 5.56 Å². The third-order valence-electron chi connectivity index (χ3n) is 10.6. The minimum absolute atomic E-state index is 0.0225. The van der Waals surface area contributed by atoms with E-state index in [0.29, 0.717) is 11.1 Å². The highest BCUT2D eigenvalue weighted by Crippen LogP contribution is 2.32. The first-order valence-electron chi connectivity index (χ1n) is 19.6. The number of likely N-dealkylation sites (tertiary alicyclic amines) is 1. The first kappa shape index (κ1) is 48.1. The Bertz CT molecular complexity index is 2380. The standard InChI is InChI=1S/C39H39F5N6O2S.C4H6O6/c1-3-48-17-15-32(16-18-48)50(21-26-7-9-27(10-8-26)28-11-13-31(14-12-28)39(42,43)44)35(51)23-49-22-33(25(2)30-19-45-46-20-30)37(52)47-38(49)53-24-29-5-4-6-34(40)36(29)41;5-1(3(7)8)2(6)4(9)10/h4-14,19-20,22,25,32H,3,15-18,21,23-24H2,1-2H3,(H,45,46);1-2,5-6H,(H,7,8)(H,9,10). The van der Waals surface area contributed by atoms with E-state index in [0.717, 1.165) is 79.1 Å². The van der Waals surface area contributed by atoms with Gasteiger partial charge in [-0.05, 0) is 59.8 Å². The number of nitrogens with zero attached hydrogens (tertiary/aromatic N) is 5. The molecule has 5 aromatic rings. The topological polar surface area (TPSA) is 202 Å². The number of piperidine rings is 1. The molecule has 0 spiro atoms. The summed E-state index contributed by atoms with van der Waals surface area (Å²) >= 11 is 1.04. The van der Waals surface area contributed by atoms with Crippen LogP contribution in [0.2, 0.25) is 0 Å². The van der Waals surface area contributed by atoms with Crippen molar-refractivity contribution in [2.24, 2.45) is 0 Å². The molecule has 1 amide bonds. The number of hydrogen-bond acceptors (Lipinski definition) is 10. The number of halogens is 5. The highest BCUT2D eigenvalue weighted by Gasteiger charge is 2.32. The van der Waals surface area contributed by atoms with Crippen molar-refractivity contribution in [2.45, 2.75) is 81.0 Å². The molecule has 1 fully saturated rings. The largest absolute Gasteiger partial charge is 0.479 e. The molecule has 3 unspecified atom stereocenters. The number of aromatic amines is 1. The fourth-order valence-corrected chi connectivity index (χ4v) is 7.76. The first-order valence-corrected chi connectivity index (χ1v) is 20.6. The van der Waals surface area contributed by atoms with E-state index < -0.39 is 59.0 Å². The van der Waals surface area contributed by atoms with E-state index in [1.807, 2.05) is 36.1 Å². The molecule has 336 valence electrons. The number of aliphatic carboxylic acids is 2. The van der Waals surface area contributed by atoms with Crippen molar-refractivity contribution in [2.75, 3.05) is 19.6 Å². The Morgan fingerprint density at radius 1 is 0.937 bits per heavy atom. The van der Waals surface area contributed by atoms with Crippen LogP contribution in [0.4, 0.5) is 22.0 Å². The second-order valence-electron chi connectivity index (χ2n) is 14.7. The Hall–Kier alpha value is -5.96. The second-order valence-corrected chi connectivity index (χ2v) is 15.6. The summed E-state index contributed by atoms with van der Waals surface area (Å²) in [5.74, 6) is -6.13. The smallest absolute Gasteiger partial charge is 0.416 e. The lowest BCUT2D eigenvalue weighted by Gasteiger charge is -2.38. The zero-order valence-electron chi connectivity index (χ0n) is 34.0. The van der Waals surface area contributed by atoms with Crippen molar-refractivity contribution in [3.63, 3.8) is 0 Å². The number of carbonyl (C=O) groups is 3. The van der Waals surface area contributed by atoms with Gasteiger partial charge in [-0.15, -0.1) is 0 Å². The molecule has 0 bridgehead atoms. The fraction of sp³-hybridized carbons (Fsp3) is 0.349. The van der Waals surface area contributed by atoms with Crippen molar-refractivity contribution in [3.8, 4) is 11.1 Å². The van der Waals surface area contributed by atoms with Gasteiger partial charge in [-0.3, -0.25) is 14.7 Å². The number of hydrogen-bond donors (Lipinski definition) is 5. The van der Waals surface area contributed by atoms with Crippen LogP contribution in [0.3, 0.4) is 0 Å². The quantitative estimate of drug-likeness (QED) is 0.0484. The van der Waals surface area contributed by atoms with E-state index in [1.165, 1.54) is 24.3 Å². The number of amides is 1. The van der Waals surface area contributed by atoms with Crippen LogP contribution in [0.1, 0.15) is 60.4 Å². The van der Waals surface area contributed by atoms with E-state index in [2.05, 4.69) is 27.0 Å². The van der Waals surface area contributed by atoms with Crippen LogP contribution in [0, 0.1) is 11.6 Å². The van der Waals surface area contributed by atoms with Crippen molar-refractivity contribution in [1.82, 2.24) is 29.5 Å². The van der Waals surface area contributed by atoms with Crippen molar-refractivity contribution < 1.29 is 56.8 Å². The van der Waals surface area contributed by atoms with Gasteiger partial charge in [0.2, 0.25) is 5.91 Å². The van der Waals surface area contributed by atoms with Crippen LogP contribution in [0.5, 0.6) is 0 Å². The summed E-state index contributed by atoms with van der Waals surface area (Å²) in [6.07, 6.45) is -2.52. The molecule has 20 heteroatoms. The van der Waals surface area contributed by atoms with Gasteiger partial charge in [-0.2, -0.15) is 23.3 Å². The summed E-state index contributed by atoms with van der Waals surface area (Å²) in [7, 11) is 0. The number of H-pyrrole nitrogens is 1. The number of benzene rings is 3. The number of alkyl halides is 3. The number of rotatable bonds is 15. The number of carboxylic acids is 2. The Kier molecular flexibility index (Phi) is 16.3. The average Bonchev–Trinajstić information content (AvgIpc) is 3.82. The molecule has 0 radical (unpaired) electrons. The first-order chi connectivity index (χ1) is 29.9. The number of carboxylic acid groups (broad SMARTS) is 2. The maximum absolute atomic E-state index is 14.6. The molecule has 3 heterocycles. The van der Waals surface area contributed by atoms with Crippen molar-refractivity contribution in [1.29, 1.82) is 0 Å². The van der Waals surface area contributed by atoms with Gasteiger partial charge in [-0.25, -0.2) is 18.4 Å². The summed E-state index contributed by atoms with van der Waals surface area (Å²) in [5, 5.41) is 39.5. The van der Waals surface area contributed by atoms with E-state index in [4.69, 9.17) is 20.4 Å². The maximum atomic E-state index is 14.6. The Labute approximate surface area is 362 Å². The second kappa shape index (κ2) is 21.4. The summed E-state index contributed by atoms with van der Waals surface area (Å²) in [6, 6.07) is 16.2. The van der Waals surface area contributed by atoms with Crippen molar-refractivity contribution in [3.05, 3.63) is 135 Å². The Balaban J connectivity index is 0.000000667. The molecule has 1 aliphatic heterocycles. The molecular formula is C43H45F5N6O8S. The highest BCUT2D eigenvalue weighted by atomic mass is 32.2. The van der Waals surface area contributed by atoms with Gasteiger partial charge in [0.05, 0.1) is 11.8 Å². The lowest BCUT2D eigenvalue weighted by molar-refractivity contribution is -0.165. The number of carbonyl (C=O) groups excluding carboxylic acids is 1. The maximum Gasteiger partial charge on any atom is 0.416 e. The summed E-state index contributed by atoms with van der Waals surface area (Å²) in [6.45, 7) is 6.61. The number of thioether (sulfide) groups is 1. The minimum Gasteiger partial charge on any atom is -0.479 e. The molecule has 1 saturated heterocycles. The minimum atomic E-state index is -4.42. The van der Waals surface area contributed by atoms with Gasteiger partial charge in [0, 0.05) is 60.9 Å². The van der Waals surface area contributed by atoms with Gasteiger partial charge in [0.15, 0.2) is 29.0 Å². The van der Waals surface area contributed by atoms with E-state index in [1.54, 1.807) is 23.2 Å². The predicted octanol–water partition coefficient (Wildman–Crippen LogP) is 5.77. The molecule has 63 heavy (non-hydrogen) atoms. The molecule has 2 aromatic heterocycles. The van der Waals surface area contributed by atoms with Gasteiger partial charge < -0.3 is 34.8 Å². The monoisotopic (exact) mass is 900 g/mol. The summed E-state index contributed by atoms with van der Waals surface area (Å²) < 4.78 is 69.5.